The Hall–Kier alpha value is -3.13. The summed E-state index contributed by atoms with van der Waals surface area (Å²) in [6.45, 7) is 4.46. The van der Waals surface area contributed by atoms with Crippen molar-refractivity contribution in [2.75, 3.05) is 38.2 Å². The maximum Gasteiger partial charge on any atom is 0.325 e. The minimum atomic E-state index is -0.581. The van der Waals surface area contributed by atoms with Gasteiger partial charge in [0.15, 0.2) is 11.5 Å². The molecule has 1 aromatic heterocycles. The molecule has 148 valence electrons. The van der Waals surface area contributed by atoms with Gasteiger partial charge in [0.25, 0.3) is 0 Å². The van der Waals surface area contributed by atoms with Crippen LogP contribution in [0.2, 0.25) is 0 Å². The first-order valence-corrected chi connectivity index (χ1v) is 9.27. The molecule has 0 atom stereocenters. The summed E-state index contributed by atoms with van der Waals surface area (Å²) in [6, 6.07) is 10.3. The lowest BCUT2D eigenvalue weighted by molar-refractivity contribution is -0.121. The van der Waals surface area contributed by atoms with Crippen LogP contribution in [0.15, 0.2) is 42.6 Å². The van der Waals surface area contributed by atoms with E-state index in [1.54, 1.807) is 24.4 Å². The summed E-state index contributed by atoms with van der Waals surface area (Å²) in [6.07, 6.45) is 2.49. The zero-order valence-corrected chi connectivity index (χ0v) is 15.8. The maximum atomic E-state index is 12.2. The van der Waals surface area contributed by atoms with Crippen LogP contribution in [0.5, 0.6) is 11.5 Å². The third-order valence-electron chi connectivity index (χ3n) is 4.28. The lowest BCUT2D eigenvalue weighted by Crippen LogP contribution is -2.42. The maximum absolute atomic E-state index is 12.2. The minimum Gasteiger partial charge on any atom is -0.486 e. The highest BCUT2D eigenvalue weighted by Gasteiger charge is 2.15. The van der Waals surface area contributed by atoms with E-state index in [9.17, 15) is 9.59 Å². The quantitative estimate of drug-likeness (QED) is 0.759. The molecule has 28 heavy (non-hydrogen) atoms. The summed E-state index contributed by atoms with van der Waals surface area (Å²) in [5, 5.41) is 4.99. The molecule has 1 aliphatic rings. The van der Waals surface area contributed by atoms with Crippen molar-refractivity contribution in [3.8, 4) is 11.5 Å². The van der Waals surface area contributed by atoms with Gasteiger partial charge in [0.05, 0.1) is 6.54 Å². The first-order chi connectivity index (χ1) is 13.6. The second-order valence-electron chi connectivity index (χ2n) is 6.30. The third-order valence-corrected chi connectivity index (χ3v) is 4.28. The van der Waals surface area contributed by atoms with E-state index in [0.717, 1.165) is 12.1 Å². The number of likely N-dealkylation sites (N-methyl/N-ethyl adjacent to an activating group) is 1. The Balaban J connectivity index is 1.46. The van der Waals surface area contributed by atoms with Crippen molar-refractivity contribution in [2.24, 2.45) is 0 Å². The summed E-state index contributed by atoms with van der Waals surface area (Å²) in [7, 11) is 0. The van der Waals surface area contributed by atoms with Crippen molar-refractivity contribution in [1.82, 2.24) is 15.2 Å². The Kier molecular flexibility index (Phi) is 6.80. The molecular formula is C20H24N4O4. The summed E-state index contributed by atoms with van der Waals surface area (Å²) >= 11 is 0. The van der Waals surface area contributed by atoms with Crippen LogP contribution in [-0.2, 0) is 11.2 Å². The second-order valence-corrected chi connectivity index (χ2v) is 6.30. The Labute approximate surface area is 163 Å². The van der Waals surface area contributed by atoms with Gasteiger partial charge in [0, 0.05) is 36.6 Å². The SMILES string of the molecule is CCN(CCc1ccccn1)CC(=O)NC(=O)Nc1ccc2c(c1)OCCO2. The molecule has 8 nitrogen and oxygen atoms in total. The molecule has 2 aromatic rings. The molecule has 0 aliphatic carbocycles. The lowest BCUT2D eigenvalue weighted by Gasteiger charge is -2.20. The highest BCUT2D eigenvalue weighted by molar-refractivity contribution is 6.01. The van der Waals surface area contributed by atoms with Crippen LogP contribution in [0.3, 0.4) is 0 Å². The number of urea groups is 1. The predicted molar refractivity (Wildman–Crippen MR) is 105 cm³/mol. The van der Waals surface area contributed by atoms with Crippen LogP contribution in [0, 0.1) is 0 Å². The number of fused-ring (bicyclic) bond motifs is 1. The molecule has 0 bridgehead atoms. The number of amides is 3. The van der Waals surface area contributed by atoms with Crippen LogP contribution in [0.25, 0.3) is 0 Å². The van der Waals surface area contributed by atoms with Crippen molar-refractivity contribution in [1.29, 1.82) is 0 Å². The van der Waals surface area contributed by atoms with Gasteiger partial charge in [0.2, 0.25) is 5.91 Å². The van der Waals surface area contributed by atoms with E-state index in [-0.39, 0.29) is 12.5 Å². The number of benzene rings is 1. The van der Waals surface area contributed by atoms with E-state index in [1.807, 2.05) is 30.0 Å². The fraction of sp³-hybridized carbons (Fsp3) is 0.350. The molecule has 1 aromatic carbocycles. The number of nitrogens with zero attached hydrogens (tertiary/aromatic N) is 2. The fourth-order valence-corrected chi connectivity index (χ4v) is 2.82. The summed E-state index contributed by atoms with van der Waals surface area (Å²) in [5.41, 5.74) is 1.50. The normalized spacial score (nSPS) is 12.5. The number of carbonyl (C=O) groups is 2. The number of imide groups is 1. The molecular weight excluding hydrogens is 360 g/mol. The number of hydrogen-bond donors (Lipinski definition) is 2. The minimum absolute atomic E-state index is 0.137. The molecule has 8 heteroatoms. The topological polar surface area (TPSA) is 92.8 Å². The third kappa shape index (κ3) is 5.68. The Morgan fingerprint density at radius 3 is 2.71 bits per heavy atom. The molecule has 0 radical (unpaired) electrons. The highest BCUT2D eigenvalue weighted by atomic mass is 16.6. The van der Waals surface area contributed by atoms with Gasteiger partial charge in [-0.2, -0.15) is 0 Å². The molecule has 2 N–H and O–H groups in total. The van der Waals surface area contributed by atoms with Crippen LogP contribution in [0.4, 0.5) is 10.5 Å². The van der Waals surface area contributed by atoms with Gasteiger partial charge in [-0.3, -0.25) is 20.0 Å². The standard InChI is InChI=1S/C20H24N4O4/c1-2-24(10-8-15-5-3-4-9-21-15)14-19(25)23-20(26)22-16-6-7-17-18(13-16)28-12-11-27-17/h3-7,9,13H,2,8,10-12,14H2,1H3,(H2,22,23,25,26). The monoisotopic (exact) mass is 384 g/mol. The Morgan fingerprint density at radius 2 is 1.96 bits per heavy atom. The number of pyridine rings is 1. The van der Waals surface area contributed by atoms with Crippen molar-refractivity contribution in [3.05, 3.63) is 48.3 Å². The Morgan fingerprint density at radius 1 is 1.14 bits per heavy atom. The fourth-order valence-electron chi connectivity index (χ4n) is 2.82. The van der Waals surface area contributed by atoms with E-state index < -0.39 is 6.03 Å². The van der Waals surface area contributed by atoms with Gasteiger partial charge in [-0.05, 0) is 30.8 Å². The smallest absolute Gasteiger partial charge is 0.325 e. The van der Waals surface area contributed by atoms with Crippen molar-refractivity contribution >= 4 is 17.6 Å². The van der Waals surface area contributed by atoms with Gasteiger partial charge in [-0.1, -0.05) is 13.0 Å². The first kappa shape index (κ1) is 19.6. The molecule has 3 rings (SSSR count). The zero-order valence-electron chi connectivity index (χ0n) is 15.8. The van der Waals surface area contributed by atoms with Crippen LogP contribution in [0.1, 0.15) is 12.6 Å². The van der Waals surface area contributed by atoms with Crippen LogP contribution in [-0.4, -0.2) is 54.7 Å². The van der Waals surface area contributed by atoms with E-state index in [4.69, 9.17) is 9.47 Å². The predicted octanol–water partition coefficient (Wildman–Crippen LogP) is 2.07. The van der Waals surface area contributed by atoms with E-state index in [0.29, 0.717) is 43.5 Å². The number of aromatic nitrogens is 1. The van der Waals surface area contributed by atoms with E-state index in [2.05, 4.69) is 15.6 Å². The van der Waals surface area contributed by atoms with Crippen LogP contribution < -0.4 is 20.1 Å². The average molecular weight is 384 g/mol. The van der Waals surface area contributed by atoms with Crippen LogP contribution >= 0.6 is 0 Å². The van der Waals surface area contributed by atoms with Gasteiger partial charge in [-0.25, -0.2) is 4.79 Å². The van der Waals surface area contributed by atoms with Gasteiger partial charge in [-0.15, -0.1) is 0 Å². The molecule has 0 unspecified atom stereocenters. The van der Waals surface area contributed by atoms with E-state index in [1.165, 1.54) is 0 Å². The highest BCUT2D eigenvalue weighted by Crippen LogP contribution is 2.32. The number of nitrogens with one attached hydrogen (secondary N) is 2. The number of carbonyl (C=O) groups excluding carboxylic acids is 2. The molecule has 0 fully saturated rings. The van der Waals surface area contributed by atoms with Gasteiger partial charge >= 0.3 is 6.03 Å². The van der Waals surface area contributed by atoms with Gasteiger partial charge in [0.1, 0.15) is 13.2 Å². The zero-order chi connectivity index (χ0) is 19.8. The number of ether oxygens (including phenoxy) is 2. The summed E-state index contributed by atoms with van der Waals surface area (Å²) in [4.78, 5) is 30.5. The Bertz CT molecular complexity index is 813. The molecule has 0 saturated carbocycles. The number of anilines is 1. The molecule has 3 amide bonds. The van der Waals surface area contributed by atoms with Crippen molar-refractivity contribution in [3.63, 3.8) is 0 Å². The van der Waals surface area contributed by atoms with Gasteiger partial charge < -0.3 is 14.8 Å². The first-order valence-electron chi connectivity index (χ1n) is 9.27. The number of hydrogen-bond acceptors (Lipinski definition) is 6. The largest absolute Gasteiger partial charge is 0.486 e. The summed E-state index contributed by atoms with van der Waals surface area (Å²) < 4.78 is 10.9. The number of rotatable bonds is 7. The molecule has 2 heterocycles. The van der Waals surface area contributed by atoms with Crippen molar-refractivity contribution < 1.29 is 19.1 Å². The summed E-state index contributed by atoms with van der Waals surface area (Å²) in [5.74, 6) is 0.847. The van der Waals surface area contributed by atoms with Crippen molar-refractivity contribution in [2.45, 2.75) is 13.3 Å². The lowest BCUT2D eigenvalue weighted by atomic mass is 10.2. The molecule has 1 aliphatic heterocycles. The molecule has 0 saturated heterocycles. The average Bonchev–Trinajstić information content (AvgIpc) is 2.71. The van der Waals surface area contributed by atoms with E-state index >= 15 is 0 Å². The molecule has 0 spiro atoms. The second kappa shape index (κ2) is 9.70.